The van der Waals surface area contributed by atoms with Gasteiger partial charge < -0.3 is 20.1 Å². The Kier molecular flexibility index (Phi) is 4.64. The molecule has 0 unspecified atom stereocenters. The summed E-state index contributed by atoms with van der Waals surface area (Å²) in [6, 6.07) is 17.2. The molecule has 0 aromatic heterocycles. The van der Waals surface area contributed by atoms with Crippen molar-refractivity contribution in [2.75, 3.05) is 31.7 Å². The zero-order chi connectivity index (χ0) is 20.8. The summed E-state index contributed by atoms with van der Waals surface area (Å²) in [4.78, 5) is 29.1. The Bertz CT molecular complexity index is 970. The average Bonchev–Trinajstić information content (AvgIpc) is 3.33. The lowest BCUT2D eigenvalue weighted by Crippen LogP contribution is -2.51. The zero-order valence-electron chi connectivity index (χ0n) is 16.8. The Labute approximate surface area is 175 Å². The van der Waals surface area contributed by atoms with Crippen molar-refractivity contribution in [3.63, 3.8) is 0 Å². The largest absolute Gasteiger partial charge is 0.395 e. The second-order valence-electron chi connectivity index (χ2n) is 8.58. The summed E-state index contributed by atoms with van der Waals surface area (Å²) >= 11 is 0. The third-order valence-corrected chi connectivity index (χ3v) is 7.17. The number of aliphatic hydroxyl groups is 1. The molecular formula is C24H26N2O4. The Hall–Kier alpha value is -2.70. The maximum Gasteiger partial charge on any atom is 0.237 e. The molecule has 6 nitrogen and oxygen atoms in total. The van der Waals surface area contributed by atoms with Crippen LogP contribution in [0.2, 0.25) is 0 Å². The molecule has 2 aromatic carbocycles. The molecular weight excluding hydrogens is 380 g/mol. The molecule has 0 saturated carbocycles. The van der Waals surface area contributed by atoms with Crippen molar-refractivity contribution in [2.45, 2.75) is 30.7 Å². The standard InChI is InChI=1S/C24H26N2O4/c27-16-23(11-14-30-15-12-23)22(29)26-13-10-24(20(26)17-6-2-1-3-7-17)18-8-4-5-9-19(18)25-21(24)28/h1-9,20,27H,10-16H2,(H,25,28)/t20-,24+/m0/s1. The molecule has 2 amide bonds. The third kappa shape index (κ3) is 2.63. The fourth-order valence-corrected chi connectivity index (χ4v) is 5.51. The number of nitrogens with one attached hydrogen (secondary N) is 1. The normalized spacial score (nSPS) is 27.2. The quantitative estimate of drug-likeness (QED) is 0.821. The summed E-state index contributed by atoms with van der Waals surface area (Å²) in [6.07, 6.45) is 1.55. The number of fused-ring (bicyclic) bond motifs is 2. The molecule has 0 radical (unpaired) electrons. The SMILES string of the molecule is O=C(N1CC[C@]2(C(=O)Nc3ccccc32)[C@@H]1c1ccccc1)C1(CO)CCOCC1. The van der Waals surface area contributed by atoms with E-state index in [1.807, 2.05) is 59.5 Å². The molecule has 156 valence electrons. The molecule has 0 aliphatic carbocycles. The Balaban J connectivity index is 1.63. The molecule has 2 saturated heterocycles. The fourth-order valence-electron chi connectivity index (χ4n) is 5.51. The van der Waals surface area contributed by atoms with E-state index in [4.69, 9.17) is 4.74 Å². The number of benzene rings is 2. The van der Waals surface area contributed by atoms with Crippen LogP contribution in [-0.2, 0) is 19.7 Å². The summed E-state index contributed by atoms with van der Waals surface area (Å²) in [6.45, 7) is 1.20. The number of ether oxygens (including phenoxy) is 1. The lowest BCUT2D eigenvalue weighted by molar-refractivity contribution is -0.153. The van der Waals surface area contributed by atoms with Crippen LogP contribution in [0.4, 0.5) is 5.69 Å². The maximum absolute atomic E-state index is 13.9. The van der Waals surface area contributed by atoms with E-state index >= 15 is 0 Å². The van der Waals surface area contributed by atoms with Gasteiger partial charge in [0.15, 0.2) is 0 Å². The summed E-state index contributed by atoms with van der Waals surface area (Å²) in [5, 5.41) is 13.3. The van der Waals surface area contributed by atoms with Gasteiger partial charge in [0, 0.05) is 25.4 Å². The van der Waals surface area contributed by atoms with Crippen molar-refractivity contribution in [1.82, 2.24) is 4.90 Å². The molecule has 2 atom stereocenters. The first-order valence-corrected chi connectivity index (χ1v) is 10.6. The third-order valence-electron chi connectivity index (χ3n) is 7.17. The van der Waals surface area contributed by atoms with Gasteiger partial charge in [-0.3, -0.25) is 9.59 Å². The van der Waals surface area contributed by atoms with E-state index in [1.165, 1.54) is 0 Å². The molecule has 6 heteroatoms. The Morgan fingerprint density at radius 3 is 2.50 bits per heavy atom. The maximum atomic E-state index is 13.9. The van der Waals surface area contributed by atoms with Crippen LogP contribution >= 0.6 is 0 Å². The molecule has 3 aliphatic heterocycles. The van der Waals surface area contributed by atoms with Gasteiger partial charge in [-0.15, -0.1) is 0 Å². The minimum absolute atomic E-state index is 0.0575. The first kappa shape index (κ1) is 19.3. The number of carbonyl (C=O) groups excluding carboxylic acids is 2. The van der Waals surface area contributed by atoms with Gasteiger partial charge >= 0.3 is 0 Å². The minimum Gasteiger partial charge on any atom is -0.395 e. The van der Waals surface area contributed by atoms with Crippen molar-refractivity contribution >= 4 is 17.5 Å². The predicted octanol–water partition coefficient (Wildman–Crippen LogP) is 2.64. The fraction of sp³-hybridized carbons (Fsp3) is 0.417. The molecule has 2 aromatic rings. The van der Waals surface area contributed by atoms with Crippen molar-refractivity contribution in [2.24, 2.45) is 5.41 Å². The monoisotopic (exact) mass is 406 g/mol. The number of likely N-dealkylation sites (tertiary alicyclic amines) is 1. The smallest absolute Gasteiger partial charge is 0.237 e. The molecule has 5 rings (SSSR count). The van der Waals surface area contributed by atoms with E-state index in [1.54, 1.807) is 0 Å². The van der Waals surface area contributed by atoms with Gasteiger partial charge in [-0.05, 0) is 36.5 Å². The summed E-state index contributed by atoms with van der Waals surface area (Å²) in [7, 11) is 0. The van der Waals surface area contributed by atoms with Crippen LogP contribution in [0.15, 0.2) is 54.6 Å². The van der Waals surface area contributed by atoms with Crippen LogP contribution in [0.25, 0.3) is 0 Å². The van der Waals surface area contributed by atoms with Gasteiger partial charge in [-0.2, -0.15) is 0 Å². The van der Waals surface area contributed by atoms with Crippen LogP contribution in [0.5, 0.6) is 0 Å². The highest BCUT2D eigenvalue weighted by Gasteiger charge is 2.60. The van der Waals surface area contributed by atoms with Gasteiger partial charge in [-0.25, -0.2) is 0 Å². The van der Waals surface area contributed by atoms with Crippen LogP contribution in [-0.4, -0.2) is 48.2 Å². The van der Waals surface area contributed by atoms with Crippen molar-refractivity contribution in [3.8, 4) is 0 Å². The van der Waals surface area contributed by atoms with E-state index < -0.39 is 16.9 Å². The van der Waals surface area contributed by atoms with Gasteiger partial charge in [0.05, 0.1) is 18.1 Å². The molecule has 1 spiro atoms. The van der Waals surface area contributed by atoms with E-state index in [9.17, 15) is 14.7 Å². The molecule has 3 aliphatic rings. The molecule has 2 N–H and O–H groups in total. The number of anilines is 1. The summed E-state index contributed by atoms with van der Waals surface area (Å²) < 4.78 is 5.46. The predicted molar refractivity (Wildman–Crippen MR) is 112 cm³/mol. The first-order chi connectivity index (χ1) is 14.6. The van der Waals surface area contributed by atoms with Gasteiger partial charge in [0.25, 0.3) is 0 Å². The lowest BCUT2D eigenvalue weighted by atomic mass is 9.72. The minimum atomic E-state index is -0.842. The summed E-state index contributed by atoms with van der Waals surface area (Å²) in [5.74, 6) is -0.130. The van der Waals surface area contributed by atoms with E-state index in [-0.39, 0.29) is 18.4 Å². The van der Waals surface area contributed by atoms with E-state index in [2.05, 4.69) is 5.32 Å². The highest BCUT2D eigenvalue weighted by molar-refractivity contribution is 6.08. The number of para-hydroxylation sites is 1. The number of rotatable bonds is 3. The van der Waals surface area contributed by atoms with Crippen LogP contribution in [0.1, 0.15) is 36.4 Å². The van der Waals surface area contributed by atoms with Crippen LogP contribution in [0, 0.1) is 5.41 Å². The number of hydrogen-bond acceptors (Lipinski definition) is 4. The highest BCUT2D eigenvalue weighted by atomic mass is 16.5. The Morgan fingerprint density at radius 2 is 1.77 bits per heavy atom. The van der Waals surface area contributed by atoms with Gasteiger partial charge in [-0.1, -0.05) is 48.5 Å². The molecule has 30 heavy (non-hydrogen) atoms. The number of hydrogen-bond donors (Lipinski definition) is 2. The van der Waals surface area contributed by atoms with E-state index in [0.717, 1.165) is 16.8 Å². The van der Waals surface area contributed by atoms with Crippen LogP contribution < -0.4 is 5.32 Å². The Morgan fingerprint density at radius 1 is 1.07 bits per heavy atom. The number of carbonyl (C=O) groups is 2. The zero-order valence-corrected chi connectivity index (χ0v) is 16.8. The second kappa shape index (κ2) is 7.22. The first-order valence-electron chi connectivity index (χ1n) is 10.6. The van der Waals surface area contributed by atoms with Crippen LogP contribution in [0.3, 0.4) is 0 Å². The topological polar surface area (TPSA) is 78.9 Å². The van der Waals surface area contributed by atoms with Crippen molar-refractivity contribution in [3.05, 3.63) is 65.7 Å². The number of amides is 2. The molecule has 0 bridgehead atoms. The van der Waals surface area contributed by atoms with E-state index in [0.29, 0.717) is 39.0 Å². The number of nitrogens with zero attached hydrogens (tertiary/aromatic N) is 1. The average molecular weight is 406 g/mol. The summed E-state index contributed by atoms with van der Waals surface area (Å²) in [5.41, 5.74) is 1.04. The molecule has 2 fully saturated rings. The number of aliphatic hydroxyl groups excluding tert-OH is 1. The van der Waals surface area contributed by atoms with Crippen molar-refractivity contribution in [1.29, 1.82) is 0 Å². The molecule has 3 heterocycles. The highest BCUT2D eigenvalue weighted by Crippen LogP contribution is 2.55. The lowest BCUT2D eigenvalue weighted by Gasteiger charge is -2.41. The van der Waals surface area contributed by atoms with Gasteiger partial charge in [0.2, 0.25) is 11.8 Å². The second-order valence-corrected chi connectivity index (χ2v) is 8.58. The van der Waals surface area contributed by atoms with Crippen molar-refractivity contribution < 1.29 is 19.4 Å². The van der Waals surface area contributed by atoms with Gasteiger partial charge in [0.1, 0.15) is 5.41 Å².